The number of pyridine rings is 2. The van der Waals surface area contributed by atoms with E-state index in [1.807, 2.05) is 43.4 Å². The Morgan fingerprint density at radius 3 is 1.61 bits per heavy atom. The molecule has 57 heavy (non-hydrogen) atoms. The molecule has 2 aliphatic carbocycles. The van der Waals surface area contributed by atoms with E-state index in [1.54, 1.807) is 53.5 Å². The number of anilines is 4. The Kier molecular flexibility index (Phi) is 13.0. The maximum atomic E-state index is 13.8. The topological polar surface area (TPSA) is 176 Å². The lowest BCUT2D eigenvalue weighted by Gasteiger charge is -2.21. The molecule has 6 aromatic rings. The smallest absolute Gasteiger partial charge is 0.323 e. The second-order valence-corrected chi connectivity index (χ2v) is 13.4. The molecule has 0 aliphatic heterocycles. The number of benzene rings is 2. The van der Waals surface area contributed by atoms with Gasteiger partial charge >= 0.3 is 5.97 Å². The number of rotatable bonds is 9. The standard InChI is InChI=1S/C21H20FN5O.C15H16N4O2.C6H6FN/c1-27(13-19(28)24-17-9-3-2-8-15(17)22)21-14-7-6-11-16(14)25-20(26-21)18-10-4-5-12-23-18;1-19(9-13(20)21)15-10-5-4-7-11(10)17-14(18-15)12-6-2-3-8-16-12;7-5-3-1-2-4-6(5)8/h2-5,8-10,12H,6-7,11,13H2,1H3,(H,24,28);2-3,6,8H,4-5,7,9H2,1H3,(H,20,21);1-4H,8H2. The summed E-state index contributed by atoms with van der Waals surface area (Å²) in [6.07, 6.45) is 9.03. The summed E-state index contributed by atoms with van der Waals surface area (Å²) < 4.78 is 26.0. The van der Waals surface area contributed by atoms with Crippen molar-refractivity contribution in [3.8, 4) is 23.0 Å². The fraction of sp³-hybridized carbons (Fsp3) is 0.238. The van der Waals surface area contributed by atoms with E-state index >= 15 is 0 Å². The highest BCUT2D eigenvalue weighted by Gasteiger charge is 2.25. The Bertz CT molecular complexity index is 2310. The maximum absolute atomic E-state index is 13.8. The Hall–Kier alpha value is -6.90. The van der Waals surface area contributed by atoms with Gasteiger partial charge in [0.2, 0.25) is 5.91 Å². The highest BCUT2D eigenvalue weighted by atomic mass is 19.1. The van der Waals surface area contributed by atoms with Crippen molar-refractivity contribution >= 4 is 34.9 Å². The van der Waals surface area contributed by atoms with Gasteiger partial charge in [-0.05, 0) is 87.1 Å². The number of fused-ring (bicyclic) bond motifs is 2. The minimum absolute atomic E-state index is 0.0550. The molecule has 292 valence electrons. The van der Waals surface area contributed by atoms with Crippen molar-refractivity contribution in [1.82, 2.24) is 29.9 Å². The summed E-state index contributed by atoms with van der Waals surface area (Å²) in [5, 5.41) is 11.6. The van der Waals surface area contributed by atoms with Crippen LogP contribution < -0.4 is 20.9 Å². The molecule has 13 nitrogen and oxygen atoms in total. The summed E-state index contributed by atoms with van der Waals surface area (Å²) in [6.45, 7) is -0.0233. The quantitative estimate of drug-likeness (QED) is 0.142. The van der Waals surface area contributed by atoms with Gasteiger partial charge in [0, 0.05) is 49.0 Å². The number of hydrogen-bond acceptors (Lipinski definition) is 11. The fourth-order valence-corrected chi connectivity index (χ4v) is 6.47. The van der Waals surface area contributed by atoms with Crippen LogP contribution in [0.3, 0.4) is 0 Å². The molecule has 0 saturated carbocycles. The lowest BCUT2D eigenvalue weighted by Crippen LogP contribution is -2.31. The van der Waals surface area contributed by atoms with Gasteiger partial charge < -0.3 is 26.0 Å². The number of carbonyl (C=O) groups is 2. The summed E-state index contributed by atoms with van der Waals surface area (Å²) in [5.41, 5.74) is 11.1. The molecule has 2 aliphatic rings. The predicted octanol–water partition coefficient (Wildman–Crippen LogP) is 6.20. The van der Waals surface area contributed by atoms with Crippen molar-refractivity contribution in [2.75, 3.05) is 48.0 Å². The molecule has 8 rings (SSSR count). The number of aryl methyl sites for hydroxylation is 2. The number of amides is 1. The number of aliphatic carboxylic acids is 1. The Balaban J connectivity index is 0.000000166. The number of nitrogens with two attached hydrogens (primary N) is 1. The van der Waals surface area contributed by atoms with Crippen LogP contribution in [-0.4, -0.2) is 74.1 Å². The molecule has 0 atom stereocenters. The molecule has 0 radical (unpaired) electrons. The third kappa shape index (κ3) is 10.2. The molecule has 1 amide bonds. The Morgan fingerprint density at radius 1 is 0.667 bits per heavy atom. The lowest BCUT2D eigenvalue weighted by atomic mass is 10.2. The molecule has 15 heteroatoms. The van der Waals surface area contributed by atoms with Crippen LogP contribution in [-0.2, 0) is 35.3 Å². The van der Waals surface area contributed by atoms with Crippen LogP contribution in [0.1, 0.15) is 35.4 Å². The molecule has 2 aromatic carbocycles. The van der Waals surface area contributed by atoms with Crippen LogP contribution in [0, 0.1) is 11.6 Å². The number of halogens is 2. The van der Waals surface area contributed by atoms with E-state index in [4.69, 9.17) is 15.8 Å². The number of nitrogens with zero attached hydrogens (tertiary/aromatic N) is 8. The van der Waals surface area contributed by atoms with Crippen LogP contribution in [0.15, 0.2) is 97.3 Å². The monoisotopic (exact) mass is 772 g/mol. The van der Waals surface area contributed by atoms with E-state index in [9.17, 15) is 18.4 Å². The zero-order valence-corrected chi connectivity index (χ0v) is 31.6. The van der Waals surface area contributed by atoms with E-state index in [0.717, 1.165) is 66.9 Å². The third-order valence-corrected chi connectivity index (χ3v) is 9.14. The average molecular weight is 773 g/mol. The van der Waals surface area contributed by atoms with Gasteiger partial charge in [0.05, 0.1) is 17.9 Å². The van der Waals surface area contributed by atoms with E-state index in [1.165, 1.54) is 24.3 Å². The Morgan fingerprint density at radius 2 is 1.16 bits per heavy atom. The SMILES string of the molecule is CN(CC(=O)Nc1ccccc1F)c1nc(-c2ccccn2)nc2c1CCC2.CN(CC(=O)O)c1nc(-c2ccccn2)nc2c1CCC2.Nc1ccccc1F. The number of carboxylic acids is 1. The van der Waals surface area contributed by atoms with E-state index < -0.39 is 11.8 Å². The van der Waals surface area contributed by atoms with Crippen LogP contribution >= 0.6 is 0 Å². The van der Waals surface area contributed by atoms with Crippen LogP contribution in [0.5, 0.6) is 0 Å². The summed E-state index contributed by atoms with van der Waals surface area (Å²) >= 11 is 0. The van der Waals surface area contributed by atoms with Gasteiger partial charge in [-0.3, -0.25) is 19.6 Å². The summed E-state index contributed by atoms with van der Waals surface area (Å²) in [7, 11) is 3.56. The molecule has 0 fully saturated rings. The number of aromatic nitrogens is 6. The molecular formula is C42H42F2N10O3. The summed E-state index contributed by atoms with van der Waals surface area (Å²) in [4.78, 5) is 54.0. The van der Waals surface area contributed by atoms with Crippen LogP contribution in [0.25, 0.3) is 23.0 Å². The number of hydrogen-bond donors (Lipinski definition) is 3. The second-order valence-electron chi connectivity index (χ2n) is 13.4. The first-order valence-electron chi connectivity index (χ1n) is 18.4. The van der Waals surface area contributed by atoms with Crippen LogP contribution in [0.4, 0.5) is 31.8 Å². The molecule has 4 aromatic heterocycles. The first-order chi connectivity index (χ1) is 27.6. The first-order valence-corrected chi connectivity index (χ1v) is 18.4. The number of nitrogens with one attached hydrogen (secondary N) is 1. The lowest BCUT2D eigenvalue weighted by molar-refractivity contribution is -0.135. The molecule has 4 heterocycles. The van der Waals surface area contributed by atoms with Crippen molar-refractivity contribution in [2.45, 2.75) is 38.5 Å². The zero-order valence-electron chi connectivity index (χ0n) is 31.6. The second kappa shape index (κ2) is 18.6. The number of para-hydroxylation sites is 2. The normalized spacial score (nSPS) is 12.2. The van der Waals surface area contributed by atoms with Gasteiger partial charge in [-0.2, -0.15) is 0 Å². The van der Waals surface area contributed by atoms with Gasteiger partial charge in [0.1, 0.15) is 41.2 Å². The van der Waals surface area contributed by atoms with Gasteiger partial charge in [-0.15, -0.1) is 0 Å². The third-order valence-electron chi connectivity index (χ3n) is 9.14. The van der Waals surface area contributed by atoms with Gasteiger partial charge in [0.25, 0.3) is 0 Å². The minimum atomic E-state index is -0.873. The fourth-order valence-electron chi connectivity index (χ4n) is 6.47. The number of carboxylic acid groups (broad SMARTS) is 1. The number of likely N-dealkylation sites (N-methyl/N-ethyl adjacent to an activating group) is 2. The van der Waals surface area contributed by atoms with Gasteiger partial charge in [-0.25, -0.2) is 28.7 Å². The van der Waals surface area contributed by atoms with Gasteiger partial charge in [-0.1, -0.05) is 36.4 Å². The molecular weight excluding hydrogens is 731 g/mol. The van der Waals surface area contributed by atoms with E-state index in [0.29, 0.717) is 28.9 Å². The highest BCUT2D eigenvalue weighted by molar-refractivity contribution is 5.94. The van der Waals surface area contributed by atoms with Gasteiger partial charge in [0.15, 0.2) is 11.6 Å². The Labute approximate surface area is 328 Å². The summed E-state index contributed by atoms with van der Waals surface area (Å²) in [6, 6.07) is 23.5. The molecule has 0 spiro atoms. The first kappa shape index (κ1) is 39.8. The molecule has 0 bridgehead atoms. The highest BCUT2D eigenvalue weighted by Crippen LogP contribution is 2.32. The predicted molar refractivity (Wildman–Crippen MR) is 215 cm³/mol. The minimum Gasteiger partial charge on any atom is -0.480 e. The molecule has 0 unspecified atom stereocenters. The van der Waals surface area contributed by atoms with Crippen molar-refractivity contribution in [2.24, 2.45) is 0 Å². The van der Waals surface area contributed by atoms with Crippen molar-refractivity contribution in [3.63, 3.8) is 0 Å². The van der Waals surface area contributed by atoms with Crippen molar-refractivity contribution in [3.05, 3.63) is 131 Å². The van der Waals surface area contributed by atoms with Crippen molar-refractivity contribution < 1.29 is 23.5 Å². The molecule has 4 N–H and O–H groups in total. The molecule has 0 saturated heterocycles. The zero-order chi connectivity index (χ0) is 40.3. The summed E-state index contributed by atoms with van der Waals surface area (Å²) in [5.74, 6) is 0.555. The van der Waals surface area contributed by atoms with E-state index in [2.05, 4.69) is 30.2 Å². The van der Waals surface area contributed by atoms with E-state index in [-0.39, 0.29) is 36.2 Å². The maximum Gasteiger partial charge on any atom is 0.323 e. The average Bonchev–Trinajstić information content (AvgIpc) is 3.90. The van der Waals surface area contributed by atoms with Crippen molar-refractivity contribution in [1.29, 1.82) is 0 Å². The largest absolute Gasteiger partial charge is 0.480 e. The number of nitrogen functional groups attached to an aromatic ring is 1. The number of carbonyl (C=O) groups excluding carboxylic acids is 1. The van der Waals surface area contributed by atoms with Crippen LogP contribution in [0.2, 0.25) is 0 Å².